The summed E-state index contributed by atoms with van der Waals surface area (Å²) in [6.07, 6.45) is 1.78. The monoisotopic (exact) mass is 656 g/mol. The first-order valence-corrected chi connectivity index (χ1v) is 18.1. The van der Waals surface area contributed by atoms with E-state index in [0.717, 1.165) is 12.8 Å². The van der Waals surface area contributed by atoms with Gasteiger partial charge in [0.2, 0.25) is 0 Å². The lowest BCUT2D eigenvalue weighted by Crippen LogP contribution is -2.61. The van der Waals surface area contributed by atoms with Crippen molar-refractivity contribution in [2.45, 2.75) is 39.0 Å². The van der Waals surface area contributed by atoms with Gasteiger partial charge in [0.1, 0.15) is 0 Å². The fourth-order valence-corrected chi connectivity index (χ4v) is 8.11. The predicted molar refractivity (Wildman–Crippen MR) is 218 cm³/mol. The Bertz CT molecular complexity index is 2190. The van der Waals surface area contributed by atoms with E-state index in [-0.39, 0.29) is 12.1 Å². The average molecular weight is 657 g/mol. The van der Waals surface area contributed by atoms with Crippen molar-refractivity contribution in [1.82, 2.24) is 0 Å². The highest BCUT2D eigenvalue weighted by molar-refractivity contribution is 7.00. The molecule has 0 fully saturated rings. The first kappa shape index (κ1) is 31.2. The summed E-state index contributed by atoms with van der Waals surface area (Å²) in [5, 5.41) is 0. The van der Waals surface area contributed by atoms with E-state index < -0.39 is 0 Å². The van der Waals surface area contributed by atoms with E-state index in [2.05, 4.69) is 200 Å². The minimum Gasteiger partial charge on any atom is -0.311 e. The summed E-state index contributed by atoms with van der Waals surface area (Å²) in [6.45, 7) is 7.09. The van der Waals surface area contributed by atoms with Gasteiger partial charge in [-0.15, -0.1) is 0 Å². The van der Waals surface area contributed by atoms with Crippen molar-refractivity contribution in [1.29, 1.82) is 0 Å². The Hall–Kier alpha value is -5.80. The molecule has 0 radical (unpaired) electrons. The van der Waals surface area contributed by atoms with E-state index in [0.29, 0.717) is 0 Å². The molecule has 0 saturated heterocycles. The molecule has 2 aliphatic rings. The van der Waals surface area contributed by atoms with Crippen LogP contribution in [-0.4, -0.2) is 6.71 Å². The van der Waals surface area contributed by atoms with E-state index >= 15 is 0 Å². The van der Waals surface area contributed by atoms with E-state index in [9.17, 15) is 0 Å². The van der Waals surface area contributed by atoms with Gasteiger partial charge in [-0.2, -0.15) is 0 Å². The Kier molecular flexibility index (Phi) is 7.66. The molecule has 0 saturated carbocycles. The fourth-order valence-electron chi connectivity index (χ4n) is 8.11. The molecular weight excluding hydrogens is 615 g/mol. The Morgan fingerprint density at radius 3 is 1.20 bits per heavy atom. The Morgan fingerprint density at radius 2 is 0.804 bits per heavy atom. The number of benzene rings is 7. The fraction of sp³-hybridized carbons (Fsp3) is 0.125. The van der Waals surface area contributed by atoms with Crippen molar-refractivity contribution in [3.8, 4) is 0 Å². The van der Waals surface area contributed by atoms with Gasteiger partial charge in [-0.25, -0.2) is 0 Å². The highest BCUT2D eigenvalue weighted by Gasteiger charge is 2.44. The average Bonchev–Trinajstić information content (AvgIpc) is 3.15. The maximum absolute atomic E-state index is 2.53. The molecule has 51 heavy (non-hydrogen) atoms. The number of fused-ring (bicyclic) bond motifs is 4. The third-order valence-electron chi connectivity index (χ3n) is 10.6. The van der Waals surface area contributed by atoms with Crippen LogP contribution in [0.3, 0.4) is 0 Å². The van der Waals surface area contributed by atoms with Crippen LogP contribution in [0.1, 0.15) is 48.6 Å². The molecule has 0 bridgehead atoms. The summed E-state index contributed by atoms with van der Waals surface area (Å²) in [5.74, 6) is 0. The molecule has 9 rings (SSSR count). The molecule has 0 aromatic heterocycles. The zero-order chi connectivity index (χ0) is 34.5. The standard InChI is InChI=1S/C48H41BN2/c1-48(2,3)38-32-45-47-46(33-38)51(40-22-14-7-15-23-40)44-31-37(29-35-18-10-5-11-19-35)25-27-42(44)49(47)41-26-24-36(28-34-16-8-4-9-17-34)30-43(41)50(45)39-20-12-6-13-21-39/h4-27,30-33H,28-29H2,1-3H3. The summed E-state index contributed by atoms with van der Waals surface area (Å²) in [5.41, 5.74) is 18.0. The van der Waals surface area contributed by atoms with Gasteiger partial charge < -0.3 is 9.80 Å². The lowest BCUT2D eigenvalue weighted by atomic mass is 9.33. The number of para-hydroxylation sites is 2. The number of rotatable bonds is 6. The molecule has 3 heteroatoms. The Morgan fingerprint density at radius 1 is 0.412 bits per heavy atom. The summed E-state index contributed by atoms with van der Waals surface area (Å²) in [7, 11) is 0. The third-order valence-corrected chi connectivity index (χ3v) is 10.6. The van der Waals surface area contributed by atoms with Crippen LogP contribution in [0.15, 0.2) is 170 Å². The van der Waals surface area contributed by atoms with E-state index in [1.54, 1.807) is 0 Å². The lowest BCUT2D eigenvalue weighted by Gasteiger charge is -2.45. The minimum absolute atomic E-state index is 0.0589. The zero-order valence-electron chi connectivity index (χ0n) is 29.6. The van der Waals surface area contributed by atoms with Gasteiger partial charge in [-0.3, -0.25) is 0 Å². The highest BCUT2D eigenvalue weighted by atomic mass is 15.2. The van der Waals surface area contributed by atoms with Gasteiger partial charge in [-0.05, 0) is 111 Å². The second-order valence-electron chi connectivity index (χ2n) is 15.1. The van der Waals surface area contributed by atoms with Crippen LogP contribution in [0.5, 0.6) is 0 Å². The number of hydrogen-bond acceptors (Lipinski definition) is 2. The summed E-state index contributed by atoms with van der Waals surface area (Å²) < 4.78 is 0. The van der Waals surface area contributed by atoms with Crippen LogP contribution in [0, 0.1) is 0 Å². The highest BCUT2D eigenvalue weighted by Crippen LogP contribution is 2.46. The van der Waals surface area contributed by atoms with Crippen LogP contribution >= 0.6 is 0 Å². The smallest absolute Gasteiger partial charge is 0.252 e. The predicted octanol–water partition coefficient (Wildman–Crippen LogP) is 10.2. The number of nitrogens with zero attached hydrogens (tertiary/aromatic N) is 2. The molecular formula is C48H41BN2. The molecule has 2 aliphatic heterocycles. The van der Waals surface area contributed by atoms with Crippen molar-refractivity contribution in [3.63, 3.8) is 0 Å². The van der Waals surface area contributed by atoms with Gasteiger partial charge in [0.15, 0.2) is 0 Å². The zero-order valence-corrected chi connectivity index (χ0v) is 29.6. The van der Waals surface area contributed by atoms with Crippen molar-refractivity contribution in [2.24, 2.45) is 0 Å². The summed E-state index contributed by atoms with van der Waals surface area (Å²) >= 11 is 0. The maximum atomic E-state index is 2.53. The van der Waals surface area contributed by atoms with Crippen LogP contribution in [-0.2, 0) is 18.3 Å². The largest absolute Gasteiger partial charge is 0.311 e. The van der Waals surface area contributed by atoms with E-state index in [4.69, 9.17) is 0 Å². The van der Waals surface area contributed by atoms with E-state index in [1.165, 1.54) is 78.3 Å². The first-order valence-electron chi connectivity index (χ1n) is 18.1. The van der Waals surface area contributed by atoms with Crippen LogP contribution < -0.4 is 26.2 Å². The van der Waals surface area contributed by atoms with Crippen LogP contribution in [0.25, 0.3) is 0 Å². The molecule has 2 nitrogen and oxygen atoms in total. The van der Waals surface area contributed by atoms with Crippen LogP contribution in [0.2, 0.25) is 0 Å². The van der Waals surface area contributed by atoms with Crippen LogP contribution in [0.4, 0.5) is 34.1 Å². The van der Waals surface area contributed by atoms with Crippen molar-refractivity contribution in [2.75, 3.05) is 9.80 Å². The summed E-state index contributed by atoms with van der Waals surface area (Å²) in [4.78, 5) is 5.07. The maximum Gasteiger partial charge on any atom is 0.252 e. The normalized spacial score (nSPS) is 13.0. The molecule has 2 heterocycles. The van der Waals surface area contributed by atoms with Gasteiger partial charge >= 0.3 is 0 Å². The SMILES string of the molecule is CC(C)(C)c1cc2c3c(c1)N(c1ccccc1)c1cc(Cc4ccccc4)ccc1B3c1ccc(Cc3ccccc3)cc1N2c1ccccc1. The summed E-state index contributed by atoms with van der Waals surface area (Å²) in [6, 6.07) is 63.0. The molecule has 0 spiro atoms. The molecule has 7 aromatic rings. The Labute approximate surface area is 302 Å². The second kappa shape index (κ2) is 12.5. The quantitative estimate of drug-likeness (QED) is 0.164. The third kappa shape index (κ3) is 5.64. The lowest BCUT2D eigenvalue weighted by molar-refractivity contribution is 0.590. The molecule has 0 atom stereocenters. The minimum atomic E-state index is -0.0589. The van der Waals surface area contributed by atoms with Gasteiger partial charge in [0.05, 0.1) is 0 Å². The second-order valence-corrected chi connectivity index (χ2v) is 15.1. The van der Waals surface area contributed by atoms with Gasteiger partial charge in [0.25, 0.3) is 6.71 Å². The number of hydrogen-bond donors (Lipinski definition) is 0. The van der Waals surface area contributed by atoms with E-state index in [1.807, 2.05) is 0 Å². The topological polar surface area (TPSA) is 6.48 Å². The molecule has 0 unspecified atom stereocenters. The molecule has 0 N–H and O–H groups in total. The molecule has 7 aromatic carbocycles. The molecule has 0 aliphatic carbocycles. The number of anilines is 6. The van der Waals surface area contributed by atoms with Gasteiger partial charge in [0, 0.05) is 34.1 Å². The van der Waals surface area contributed by atoms with Crippen molar-refractivity contribution in [3.05, 3.63) is 198 Å². The van der Waals surface area contributed by atoms with Gasteiger partial charge in [-0.1, -0.05) is 142 Å². The molecule has 246 valence electrons. The Balaban J connectivity index is 1.33. The van der Waals surface area contributed by atoms with Crippen molar-refractivity contribution < 1.29 is 0 Å². The molecule has 0 amide bonds. The first-order chi connectivity index (χ1) is 24.9. The van der Waals surface area contributed by atoms with Crippen molar-refractivity contribution >= 4 is 57.2 Å².